The predicted molar refractivity (Wildman–Crippen MR) is 63.4 cm³/mol. The van der Waals surface area contributed by atoms with Crippen LogP contribution in [0.25, 0.3) is 0 Å². The van der Waals surface area contributed by atoms with E-state index in [-0.39, 0.29) is 11.9 Å². The Morgan fingerprint density at radius 2 is 2.06 bits per heavy atom. The molecule has 6 heteroatoms. The highest BCUT2D eigenvalue weighted by Gasteiger charge is 2.26. The number of aromatic nitrogens is 2. The number of nitrogen functional groups attached to an aromatic ring is 1. The topological polar surface area (TPSA) is 81.3 Å². The molecule has 1 aromatic heterocycles. The Hall–Kier alpha value is -1.85. The van der Waals surface area contributed by atoms with Crippen LogP contribution in [-0.2, 0) is 9.53 Å². The van der Waals surface area contributed by atoms with Gasteiger partial charge in [-0.1, -0.05) is 0 Å². The largest absolute Gasteiger partial charge is 0.469 e. The van der Waals surface area contributed by atoms with Crippen LogP contribution >= 0.6 is 0 Å². The summed E-state index contributed by atoms with van der Waals surface area (Å²) in [6, 6.07) is 0. The highest BCUT2D eigenvalue weighted by Crippen LogP contribution is 2.24. The van der Waals surface area contributed by atoms with Crippen LogP contribution in [0.1, 0.15) is 12.8 Å². The first-order valence-electron chi connectivity index (χ1n) is 5.61. The second kappa shape index (κ2) is 4.99. The van der Waals surface area contributed by atoms with E-state index in [0.717, 1.165) is 25.9 Å². The zero-order valence-corrected chi connectivity index (χ0v) is 9.80. The average molecular weight is 236 g/mol. The molecule has 0 aromatic carbocycles. The lowest BCUT2D eigenvalue weighted by Crippen LogP contribution is -2.37. The number of anilines is 2. The molecule has 0 spiro atoms. The van der Waals surface area contributed by atoms with Gasteiger partial charge in [-0.05, 0) is 12.8 Å². The molecule has 0 bridgehead atoms. The summed E-state index contributed by atoms with van der Waals surface area (Å²) in [7, 11) is 1.43. The van der Waals surface area contributed by atoms with Crippen molar-refractivity contribution in [3.8, 4) is 0 Å². The first kappa shape index (κ1) is 11.6. The number of nitrogens with zero attached hydrogens (tertiary/aromatic N) is 3. The SMILES string of the molecule is COC(=O)C1CCN(c2nccnc2N)CC1. The molecule has 2 rings (SSSR count). The van der Waals surface area contributed by atoms with Crippen molar-refractivity contribution in [1.29, 1.82) is 0 Å². The normalized spacial score (nSPS) is 16.9. The molecule has 0 aliphatic carbocycles. The van der Waals surface area contributed by atoms with Gasteiger partial charge in [-0.15, -0.1) is 0 Å². The first-order valence-corrected chi connectivity index (χ1v) is 5.61. The molecule has 2 N–H and O–H groups in total. The summed E-state index contributed by atoms with van der Waals surface area (Å²) in [4.78, 5) is 21.7. The number of nitrogens with two attached hydrogens (primary N) is 1. The Morgan fingerprint density at radius 3 is 2.65 bits per heavy atom. The minimum absolute atomic E-state index is 0.00542. The van der Waals surface area contributed by atoms with Crippen LogP contribution in [0.5, 0.6) is 0 Å². The average Bonchev–Trinajstić information content (AvgIpc) is 2.39. The number of rotatable bonds is 2. The molecule has 17 heavy (non-hydrogen) atoms. The third-order valence-electron chi connectivity index (χ3n) is 3.04. The summed E-state index contributed by atoms with van der Waals surface area (Å²) in [5, 5.41) is 0. The van der Waals surface area contributed by atoms with Crippen molar-refractivity contribution in [2.24, 2.45) is 5.92 Å². The van der Waals surface area contributed by atoms with E-state index >= 15 is 0 Å². The smallest absolute Gasteiger partial charge is 0.308 e. The van der Waals surface area contributed by atoms with E-state index in [9.17, 15) is 4.79 Å². The lowest BCUT2D eigenvalue weighted by molar-refractivity contribution is -0.146. The van der Waals surface area contributed by atoms with Crippen LogP contribution in [0.2, 0.25) is 0 Å². The van der Waals surface area contributed by atoms with E-state index in [1.807, 2.05) is 0 Å². The standard InChI is InChI=1S/C11H16N4O2/c1-17-11(16)8-2-6-15(7-3-8)10-9(12)13-4-5-14-10/h4-5,8H,2-3,6-7H2,1H3,(H2,12,13). The van der Waals surface area contributed by atoms with Crippen molar-refractivity contribution in [3.63, 3.8) is 0 Å². The van der Waals surface area contributed by atoms with E-state index < -0.39 is 0 Å². The number of methoxy groups -OCH3 is 1. The van der Waals surface area contributed by atoms with Gasteiger partial charge in [0.05, 0.1) is 13.0 Å². The van der Waals surface area contributed by atoms with E-state index in [0.29, 0.717) is 11.6 Å². The van der Waals surface area contributed by atoms with Crippen molar-refractivity contribution in [3.05, 3.63) is 12.4 Å². The van der Waals surface area contributed by atoms with Gasteiger partial charge in [0, 0.05) is 25.5 Å². The fraction of sp³-hybridized carbons (Fsp3) is 0.545. The molecule has 0 amide bonds. The van der Waals surface area contributed by atoms with Gasteiger partial charge in [-0.3, -0.25) is 4.79 Å². The number of hydrogen-bond donors (Lipinski definition) is 1. The van der Waals surface area contributed by atoms with Gasteiger partial charge in [-0.25, -0.2) is 9.97 Å². The van der Waals surface area contributed by atoms with Gasteiger partial charge in [0.1, 0.15) is 0 Å². The molecule has 1 fully saturated rings. The van der Waals surface area contributed by atoms with Crippen molar-refractivity contribution < 1.29 is 9.53 Å². The Kier molecular flexibility index (Phi) is 3.41. The Labute approximate surface area is 99.8 Å². The minimum atomic E-state index is -0.128. The van der Waals surface area contributed by atoms with Crippen LogP contribution in [0.3, 0.4) is 0 Å². The maximum atomic E-state index is 11.4. The molecule has 0 unspecified atom stereocenters. The Balaban J connectivity index is 2.00. The summed E-state index contributed by atoms with van der Waals surface area (Å²) in [6.07, 6.45) is 4.73. The summed E-state index contributed by atoms with van der Waals surface area (Å²) >= 11 is 0. The molecule has 0 saturated carbocycles. The third-order valence-corrected chi connectivity index (χ3v) is 3.04. The fourth-order valence-electron chi connectivity index (χ4n) is 2.08. The fourth-order valence-corrected chi connectivity index (χ4v) is 2.08. The van der Waals surface area contributed by atoms with Gasteiger partial charge in [-0.2, -0.15) is 0 Å². The molecule has 6 nitrogen and oxygen atoms in total. The maximum absolute atomic E-state index is 11.4. The summed E-state index contributed by atoms with van der Waals surface area (Å²) in [6.45, 7) is 1.51. The van der Waals surface area contributed by atoms with Crippen molar-refractivity contribution in [2.45, 2.75) is 12.8 Å². The molecule has 1 aromatic rings. The number of piperidine rings is 1. The molecule has 1 aliphatic heterocycles. The predicted octanol–water partition coefficient (Wildman–Crippen LogP) is 0.448. The number of ether oxygens (including phenoxy) is 1. The molecule has 0 radical (unpaired) electrons. The van der Waals surface area contributed by atoms with Crippen LogP contribution in [0.4, 0.5) is 11.6 Å². The molecule has 1 aliphatic rings. The van der Waals surface area contributed by atoms with Crippen LogP contribution in [0, 0.1) is 5.92 Å². The molecular formula is C11H16N4O2. The number of carbonyl (C=O) groups excluding carboxylic acids is 1. The van der Waals surface area contributed by atoms with Crippen molar-refractivity contribution in [1.82, 2.24) is 9.97 Å². The van der Waals surface area contributed by atoms with Gasteiger partial charge in [0.15, 0.2) is 11.6 Å². The van der Waals surface area contributed by atoms with Crippen molar-refractivity contribution in [2.75, 3.05) is 30.8 Å². The van der Waals surface area contributed by atoms with E-state index in [2.05, 4.69) is 14.9 Å². The second-order valence-corrected chi connectivity index (χ2v) is 4.05. The molecule has 1 saturated heterocycles. The highest BCUT2D eigenvalue weighted by molar-refractivity contribution is 5.72. The highest BCUT2D eigenvalue weighted by atomic mass is 16.5. The quantitative estimate of drug-likeness (QED) is 0.751. The lowest BCUT2D eigenvalue weighted by atomic mass is 9.97. The molecule has 92 valence electrons. The number of hydrogen-bond acceptors (Lipinski definition) is 6. The summed E-state index contributed by atoms with van der Waals surface area (Å²) in [5.74, 6) is 1.01. The van der Waals surface area contributed by atoms with E-state index in [1.54, 1.807) is 12.4 Å². The van der Waals surface area contributed by atoms with Crippen molar-refractivity contribution >= 4 is 17.6 Å². The zero-order chi connectivity index (χ0) is 12.3. The van der Waals surface area contributed by atoms with Gasteiger partial charge < -0.3 is 15.4 Å². The van der Waals surface area contributed by atoms with Crippen LogP contribution in [0.15, 0.2) is 12.4 Å². The Morgan fingerprint density at radius 1 is 1.41 bits per heavy atom. The summed E-state index contributed by atoms with van der Waals surface area (Å²) in [5.41, 5.74) is 5.77. The molecular weight excluding hydrogens is 220 g/mol. The third kappa shape index (κ3) is 2.46. The van der Waals surface area contributed by atoms with Crippen LogP contribution in [-0.4, -0.2) is 36.1 Å². The maximum Gasteiger partial charge on any atom is 0.308 e. The van der Waals surface area contributed by atoms with E-state index in [4.69, 9.17) is 10.5 Å². The van der Waals surface area contributed by atoms with Gasteiger partial charge in [0.2, 0.25) is 0 Å². The monoisotopic (exact) mass is 236 g/mol. The van der Waals surface area contributed by atoms with E-state index in [1.165, 1.54) is 7.11 Å². The number of carbonyl (C=O) groups is 1. The first-order chi connectivity index (χ1) is 8.22. The van der Waals surface area contributed by atoms with Gasteiger partial charge in [0.25, 0.3) is 0 Å². The van der Waals surface area contributed by atoms with Gasteiger partial charge >= 0.3 is 5.97 Å². The number of esters is 1. The molecule has 2 heterocycles. The van der Waals surface area contributed by atoms with Crippen LogP contribution < -0.4 is 10.6 Å². The Bertz CT molecular complexity index is 402. The lowest BCUT2D eigenvalue weighted by Gasteiger charge is -2.31. The summed E-state index contributed by atoms with van der Waals surface area (Å²) < 4.78 is 4.74. The zero-order valence-electron chi connectivity index (χ0n) is 9.80. The molecule has 0 atom stereocenters. The minimum Gasteiger partial charge on any atom is -0.469 e. The second-order valence-electron chi connectivity index (χ2n) is 4.05.